The first-order chi connectivity index (χ1) is 15.6. The zero-order chi connectivity index (χ0) is 21.8. The molecule has 2 unspecified atom stereocenters. The molecule has 0 bridgehead atoms. The fraction of sp³-hybridized carbons (Fsp3) is 0.222. The first kappa shape index (κ1) is 19.9. The van der Waals surface area contributed by atoms with Gasteiger partial charge in [-0.2, -0.15) is 0 Å². The molecule has 0 aromatic heterocycles. The molecule has 2 aliphatic heterocycles. The van der Waals surface area contributed by atoms with Crippen LogP contribution in [0.3, 0.4) is 0 Å². The Bertz CT molecular complexity index is 1260. The Balaban J connectivity index is 1.36. The maximum atomic E-state index is 12.8. The van der Waals surface area contributed by atoms with Crippen molar-refractivity contribution in [3.8, 4) is 11.5 Å². The molecular formula is C27H22INO3. The number of halogens is 1. The second-order valence-corrected chi connectivity index (χ2v) is 9.82. The third-order valence-electron chi connectivity index (χ3n) is 6.80. The normalized spacial score (nSPS) is 22.0. The number of allylic oxidation sites excluding steroid dienone is 1. The SMILES string of the molecule is COc1ccc(N2c3ccc(/C=C4\Oc5ccc(I)cc5C4=O)cc3C3CCCC32)cc1. The predicted molar refractivity (Wildman–Crippen MR) is 134 cm³/mol. The Morgan fingerprint density at radius 3 is 2.72 bits per heavy atom. The quantitative estimate of drug-likeness (QED) is 0.276. The lowest BCUT2D eigenvalue weighted by Gasteiger charge is -2.27. The van der Waals surface area contributed by atoms with E-state index in [1.807, 2.05) is 36.4 Å². The second-order valence-electron chi connectivity index (χ2n) is 8.57. The molecule has 2 heterocycles. The van der Waals surface area contributed by atoms with Gasteiger partial charge in [0.2, 0.25) is 5.78 Å². The summed E-state index contributed by atoms with van der Waals surface area (Å²) in [5.74, 6) is 2.39. The average Bonchev–Trinajstić information content (AvgIpc) is 3.48. The van der Waals surface area contributed by atoms with E-state index in [1.165, 1.54) is 36.2 Å². The van der Waals surface area contributed by atoms with Crippen molar-refractivity contribution < 1.29 is 14.3 Å². The number of ether oxygens (including phenoxy) is 2. The van der Waals surface area contributed by atoms with E-state index in [0.29, 0.717) is 29.0 Å². The highest BCUT2D eigenvalue weighted by atomic mass is 127. The molecule has 32 heavy (non-hydrogen) atoms. The monoisotopic (exact) mass is 535 g/mol. The zero-order valence-corrected chi connectivity index (χ0v) is 19.8. The number of anilines is 2. The Kier molecular flexibility index (Phi) is 4.75. The van der Waals surface area contributed by atoms with Gasteiger partial charge in [-0.25, -0.2) is 0 Å². The number of carbonyl (C=O) groups is 1. The summed E-state index contributed by atoms with van der Waals surface area (Å²) < 4.78 is 12.3. The molecule has 3 aromatic carbocycles. The fourth-order valence-electron chi connectivity index (χ4n) is 5.36. The van der Waals surface area contributed by atoms with Gasteiger partial charge >= 0.3 is 0 Å². The largest absolute Gasteiger partial charge is 0.497 e. The van der Waals surface area contributed by atoms with Crippen LogP contribution in [0.4, 0.5) is 11.4 Å². The van der Waals surface area contributed by atoms with Crippen molar-refractivity contribution in [1.82, 2.24) is 0 Å². The van der Waals surface area contributed by atoms with Gasteiger partial charge in [-0.15, -0.1) is 0 Å². The van der Waals surface area contributed by atoms with Crippen LogP contribution in [0.1, 0.15) is 46.7 Å². The number of hydrogen-bond donors (Lipinski definition) is 0. The number of carbonyl (C=O) groups excluding carboxylic acids is 1. The van der Waals surface area contributed by atoms with Crippen LogP contribution in [-0.4, -0.2) is 18.9 Å². The number of hydrogen-bond acceptors (Lipinski definition) is 4. The van der Waals surface area contributed by atoms with Crippen molar-refractivity contribution >= 4 is 45.8 Å². The molecule has 5 heteroatoms. The molecule has 0 amide bonds. The zero-order valence-electron chi connectivity index (χ0n) is 17.7. The number of rotatable bonds is 3. The van der Waals surface area contributed by atoms with Crippen LogP contribution in [0.15, 0.2) is 66.4 Å². The number of methoxy groups -OCH3 is 1. The van der Waals surface area contributed by atoms with Crippen molar-refractivity contribution in [1.29, 1.82) is 0 Å². The first-order valence-corrected chi connectivity index (χ1v) is 12.0. The number of nitrogens with zero attached hydrogens (tertiary/aromatic N) is 1. The topological polar surface area (TPSA) is 38.8 Å². The minimum absolute atomic E-state index is 0.0439. The summed E-state index contributed by atoms with van der Waals surface area (Å²) in [6.45, 7) is 0. The van der Waals surface area contributed by atoms with Crippen LogP contribution in [-0.2, 0) is 0 Å². The van der Waals surface area contributed by atoms with E-state index in [2.05, 4.69) is 57.8 Å². The summed E-state index contributed by atoms with van der Waals surface area (Å²) in [5.41, 5.74) is 5.49. The molecule has 0 spiro atoms. The molecule has 1 saturated carbocycles. The Morgan fingerprint density at radius 2 is 1.91 bits per heavy atom. The summed E-state index contributed by atoms with van der Waals surface area (Å²) >= 11 is 2.22. The maximum Gasteiger partial charge on any atom is 0.232 e. The summed E-state index contributed by atoms with van der Waals surface area (Å²) in [6.07, 6.45) is 5.51. The summed E-state index contributed by atoms with van der Waals surface area (Å²) in [4.78, 5) is 15.3. The Labute approximate surface area is 201 Å². The summed E-state index contributed by atoms with van der Waals surface area (Å²) in [6, 6.07) is 21.1. The Morgan fingerprint density at radius 1 is 1.06 bits per heavy atom. The van der Waals surface area contributed by atoms with Crippen molar-refractivity contribution in [2.75, 3.05) is 12.0 Å². The van der Waals surface area contributed by atoms with Gasteiger partial charge in [-0.1, -0.05) is 12.5 Å². The highest BCUT2D eigenvalue weighted by Gasteiger charge is 2.42. The third kappa shape index (κ3) is 3.13. The predicted octanol–water partition coefficient (Wildman–Crippen LogP) is 6.70. The van der Waals surface area contributed by atoms with Crippen LogP contribution in [0.25, 0.3) is 6.08 Å². The molecule has 4 nitrogen and oxygen atoms in total. The molecule has 0 N–H and O–H groups in total. The Hall–Kier alpha value is -2.80. The maximum absolute atomic E-state index is 12.8. The molecule has 3 aliphatic rings. The van der Waals surface area contributed by atoms with E-state index in [-0.39, 0.29) is 5.78 Å². The smallest absolute Gasteiger partial charge is 0.232 e. The lowest BCUT2D eigenvalue weighted by atomic mass is 9.95. The summed E-state index contributed by atoms with van der Waals surface area (Å²) in [7, 11) is 1.70. The van der Waals surface area contributed by atoms with Crippen molar-refractivity contribution in [2.24, 2.45) is 0 Å². The second kappa shape index (κ2) is 7.66. The molecule has 6 rings (SSSR count). The van der Waals surface area contributed by atoms with Gasteiger partial charge in [0.15, 0.2) is 5.76 Å². The number of ketones is 1. The molecular weight excluding hydrogens is 513 g/mol. The van der Waals surface area contributed by atoms with Crippen molar-refractivity contribution in [3.05, 3.63) is 86.7 Å². The molecule has 0 radical (unpaired) electrons. The fourth-order valence-corrected chi connectivity index (χ4v) is 5.85. The van der Waals surface area contributed by atoms with E-state index < -0.39 is 0 Å². The standard InChI is InChI=1S/C27H22INO3/c1-31-19-9-7-18(8-10-19)29-23-4-2-3-20(23)21-13-16(5-11-24(21)29)14-26-27(30)22-15-17(28)6-12-25(22)32-26/h5-15,20,23H,2-4H2,1H3/b26-14-. The number of fused-ring (bicyclic) bond motifs is 4. The average molecular weight is 535 g/mol. The molecule has 3 aromatic rings. The van der Waals surface area contributed by atoms with Crippen LogP contribution >= 0.6 is 22.6 Å². The first-order valence-electron chi connectivity index (χ1n) is 10.9. The minimum atomic E-state index is -0.0439. The van der Waals surface area contributed by atoms with Crippen LogP contribution in [0, 0.1) is 3.57 Å². The van der Waals surface area contributed by atoms with Crippen molar-refractivity contribution in [3.63, 3.8) is 0 Å². The van der Waals surface area contributed by atoms with E-state index in [9.17, 15) is 4.79 Å². The van der Waals surface area contributed by atoms with E-state index >= 15 is 0 Å². The molecule has 1 aliphatic carbocycles. The number of benzene rings is 3. The minimum Gasteiger partial charge on any atom is -0.497 e. The molecule has 1 fully saturated rings. The van der Waals surface area contributed by atoms with Gasteiger partial charge in [0.05, 0.1) is 12.7 Å². The molecule has 160 valence electrons. The van der Waals surface area contributed by atoms with Gasteiger partial charge in [0.25, 0.3) is 0 Å². The van der Waals surface area contributed by atoms with Gasteiger partial charge < -0.3 is 14.4 Å². The molecule has 2 atom stereocenters. The third-order valence-corrected chi connectivity index (χ3v) is 7.47. The lowest BCUT2D eigenvalue weighted by Crippen LogP contribution is -2.26. The van der Waals surface area contributed by atoms with Gasteiger partial charge in [-0.3, -0.25) is 4.79 Å². The summed E-state index contributed by atoms with van der Waals surface area (Å²) in [5, 5.41) is 0. The lowest BCUT2D eigenvalue weighted by molar-refractivity contribution is 0.101. The van der Waals surface area contributed by atoms with E-state index in [1.54, 1.807) is 7.11 Å². The van der Waals surface area contributed by atoms with Gasteiger partial charge in [0, 0.05) is 26.9 Å². The molecule has 0 saturated heterocycles. The van der Waals surface area contributed by atoms with E-state index in [0.717, 1.165) is 14.9 Å². The highest BCUT2D eigenvalue weighted by molar-refractivity contribution is 14.1. The van der Waals surface area contributed by atoms with Gasteiger partial charge in [0.1, 0.15) is 11.5 Å². The van der Waals surface area contributed by atoms with Crippen LogP contribution in [0.2, 0.25) is 0 Å². The van der Waals surface area contributed by atoms with Gasteiger partial charge in [-0.05, 0) is 107 Å². The highest BCUT2D eigenvalue weighted by Crippen LogP contribution is 2.52. The van der Waals surface area contributed by atoms with E-state index in [4.69, 9.17) is 9.47 Å². The number of Topliss-reactive ketones (excluding diaryl/α,β-unsaturated/α-hetero) is 1. The van der Waals surface area contributed by atoms with Crippen LogP contribution < -0.4 is 14.4 Å². The van der Waals surface area contributed by atoms with Crippen molar-refractivity contribution in [2.45, 2.75) is 31.2 Å². The van der Waals surface area contributed by atoms with Crippen LogP contribution in [0.5, 0.6) is 11.5 Å².